The fourth-order valence-corrected chi connectivity index (χ4v) is 4.16. The average molecular weight is 347 g/mol. The van der Waals surface area contributed by atoms with Crippen LogP contribution in [0.4, 0.5) is 5.69 Å². The molecule has 0 aliphatic heterocycles. The number of non-ortho nitro benzene ring substituents is 1. The number of carbonyl (C=O) groups excluding carboxylic acids is 1. The van der Waals surface area contributed by atoms with E-state index >= 15 is 0 Å². The van der Waals surface area contributed by atoms with E-state index in [1.807, 2.05) is 0 Å². The van der Waals surface area contributed by atoms with Crippen molar-refractivity contribution in [2.75, 3.05) is 0 Å². The minimum atomic E-state index is -0.462. The maximum atomic E-state index is 12.6. The molecule has 2 saturated carbocycles. The van der Waals surface area contributed by atoms with Crippen molar-refractivity contribution in [3.8, 4) is 0 Å². The summed E-state index contributed by atoms with van der Waals surface area (Å²) in [6.07, 6.45) is 11.8. The standard InChI is InChI=1S/C19H26N2O4/c22-19(15-11-13-18(14-12-15)21(23)24)25-20(16-7-3-1-4-8-16)17-9-5-2-6-10-17/h11-14,16-17H,1-10H2/q+1/p+1. The van der Waals surface area contributed by atoms with E-state index in [9.17, 15) is 14.9 Å². The third-order valence-electron chi connectivity index (χ3n) is 5.54. The van der Waals surface area contributed by atoms with Gasteiger partial charge in [-0.25, -0.2) is 0 Å². The highest BCUT2D eigenvalue weighted by Gasteiger charge is 2.42. The van der Waals surface area contributed by atoms with Gasteiger partial charge in [0.1, 0.15) is 17.6 Å². The van der Waals surface area contributed by atoms with Crippen LogP contribution in [0.1, 0.15) is 74.6 Å². The number of benzene rings is 1. The highest BCUT2D eigenvalue weighted by atomic mass is 16.7. The van der Waals surface area contributed by atoms with Crippen molar-refractivity contribution in [3.05, 3.63) is 39.9 Å². The summed E-state index contributed by atoms with van der Waals surface area (Å²) in [5.74, 6) is -0.374. The van der Waals surface area contributed by atoms with Gasteiger partial charge in [0.2, 0.25) is 0 Å². The quantitative estimate of drug-likeness (QED) is 0.504. The lowest BCUT2D eigenvalue weighted by Gasteiger charge is -2.31. The number of hydrogen-bond donors (Lipinski definition) is 1. The highest BCUT2D eigenvalue weighted by molar-refractivity contribution is 5.89. The lowest BCUT2D eigenvalue weighted by Crippen LogP contribution is -3.19. The van der Waals surface area contributed by atoms with Crippen molar-refractivity contribution < 1.29 is 19.6 Å². The van der Waals surface area contributed by atoms with Crippen molar-refractivity contribution in [2.45, 2.75) is 76.3 Å². The fourth-order valence-electron chi connectivity index (χ4n) is 4.16. The molecule has 0 heterocycles. The average Bonchev–Trinajstić information content (AvgIpc) is 2.67. The van der Waals surface area contributed by atoms with Crippen LogP contribution in [0.5, 0.6) is 0 Å². The van der Waals surface area contributed by atoms with Crippen LogP contribution in [-0.4, -0.2) is 23.0 Å². The monoisotopic (exact) mass is 347 g/mol. The lowest BCUT2D eigenvalue weighted by atomic mass is 9.90. The molecule has 1 N–H and O–H groups in total. The van der Waals surface area contributed by atoms with Gasteiger partial charge in [-0.15, -0.1) is 0 Å². The fraction of sp³-hybridized carbons (Fsp3) is 0.632. The van der Waals surface area contributed by atoms with E-state index in [0.717, 1.165) is 30.7 Å². The predicted octanol–water partition coefficient (Wildman–Crippen LogP) is 3.22. The molecule has 0 amide bonds. The van der Waals surface area contributed by atoms with Crippen molar-refractivity contribution in [2.24, 2.45) is 0 Å². The number of hydroxylamine groups is 2. The highest BCUT2D eigenvalue weighted by Crippen LogP contribution is 2.20. The molecule has 1 aromatic carbocycles. The Balaban J connectivity index is 1.71. The number of nitrogens with zero attached hydrogens (tertiary/aromatic N) is 1. The lowest BCUT2D eigenvalue weighted by molar-refractivity contribution is -1.11. The molecule has 0 bridgehead atoms. The zero-order chi connectivity index (χ0) is 17.6. The number of carbonyl (C=O) groups is 1. The Morgan fingerprint density at radius 3 is 1.88 bits per heavy atom. The van der Waals surface area contributed by atoms with Crippen LogP contribution in [0.2, 0.25) is 0 Å². The first-order valence-corrected chi connectivity index (χ1v) is 9.48. The summed E-state index contributed by atoms with van der Waals surface area (Å²) in [7, 11) is 0. The van der Waals surface area contributed by atoms with Gasteiger partial charge in [0.15, 0.2) is 0 Å². The van der Waals surface area contributed by atoms with E-state index in [-0.39, 0.29) is 11.7 Å². The summed E-state index contributed by atoms with van der Waals surface area (Å²) in [6.45, 7) is 0. The first-order valence-electron chi connectivity index (χ1n) is 9.48. The van der Waals surface area contributed by atoms with Gasteiger partial charge in [0, 0.05) is 37.8 Å². The molecule has 1 aromatic rings. The summed E-state index contributed by atoms with van der Waals surface area (Å²) < 4.78 is 0. The van der Waals surface area contributed by atoms with Crippen LogP contribution in [0, 0.1) is 10.1 Å². The van der Waals surface area contributed by atoms with E-state index in [4.69, 9.17) is 4.84 Å². The molecule has 0 atom stereocenters. The van der Waals surface area contributed by atoms with Gasteiger partial charge >= 0.3 is 5.97 Å². The molecule has 0 unspecified atom stereocenters. The minimum absolute atomic E-state index is 0.0136. The molecule has 0 saturated heterocycles. The number of hydrogen-bond acceptors (Lipinski definition) is 4. The van der Waals surface area contributed by atoms with E-state index in [2.05, 4.69) is 0 Å². The second-order valence-electron chi connectivity index (χ2n) is 7.27. The van der Waals surface area contributed by atoms with Crippen LogP contribution in [-0.2, 0) is 4.84 Å². The minimum Gasteiger partial charge on any atom is -0.258 e. The first kappa shape index (κ1) is 17.9. The Labute approximate surface area is 148 Å². The van der Waals surface area contributed by atoms with E-state index in [0.29, 0.717) is 17.6 Å². The maximum Gasteiger partial charge on any atom is 0.670 e. The zero-order valence-corrected chi connectivity index (χ0v) is 14.6. The molecule has 0 spiro atoms. The van der Waals surface area contributed by atoms with Gasteiger partial charge in [-0.3, -0.25) is 10.1 Å². The molecular formula is C19H27N2O4+2. The smallest absolute Gasteiger partial charge is 0.258 e. The second kappa shape index (κ2) is 8.43. The predicted molar refractivity (Wildman–Crippen MR) is 93.2 cm³/mol. The van der Waals surface area contributed by atoms with E-state index in [1.54, 1.807) is 0 Å². The van der Waals surface area contributed by atoms with Gasteiger partial charge in [-0.05, 0) is 37.8 Å². The van der Waals surface area contributed by atoms with Crippen LogP contribution >= 0.6 is 0 Å². The summed E-state index contributed by atoms with van der Waals surface area (Å²) >= 11 is 0. The third kappa shape index (κ3) is 4.57. The zero-order valence-electron chi connectivity index (χ0n) is 14.6. The summed E-state index contributed by atoms with van der Waals surface area (Å²) in [5.41, 5.74) is 0.370. The Morgan fingerprint density at radius 2 is 1.44 bits per heavy atom. The summed E-state index contributed by atoms with van der Waals surface area (Å²) in [6, 6.07) is 6.46. The van der Waals surface area contributed by atoms with Crippen molar-refractivity contribution in [1.29, 1.82) is 0 Å². The SMILES string of the molecule is O=[N+]([O-])c1ccc(C(=[O+])O[NH+](C2CCCCC2)C2CCCCC2)cc1. The van der Waals surface area contributed by atoms with Crippen LogP contribution in [0.3, 0.4) is 0 Å². The number of nitrogens with one attached hydrogen (secondary N) is 1. The summed E-state index contributed by atoms with van der Waals surface area (Å²) in [4.78, 5) is 28.8. The molecule has 0 aromatic heterocycles. The largest absolute Gasteiger partial charge is 0.670 e. The van der Waals surface area contributed by atoms with Crippen molar-refractivity contribution >= 4 is 11.7 Å². The van der Waals surface area contributed by atoms with Gasteiger partial charge in [0.25, 0.3) is 5.69 Å². The molecule has 3 rings (SSSR count). The molecule has 2 aliphatic carbocycles. The van der Waals surface area contributed by atoms with Gasteiger partial charge in [-0.2, -0.15) is 0 Å². The normalized spacial score (nSPS) is 19.7. The van der Waals surface area contributed by atoms with Gasteiger partial charge in [-0.1, -0.05) is 22.7 Å². The van der Waals surface area contributed by atoms with E-state index < -0.39 is 4.92 Å². The Morgan fingerprint density at radius 1 is 0.960 bits per heavy atom. The Hall–Kier alpha value is -1.95. The molecule has 2 fully saturated rings. The third-order valence-corrected chi connectivity index (χ3v) is 5.54. The molecule has 1 radical (unpaired) electrons. The number of quaternary nitrogens is 1. The van der Waals surface area contributed by atoms with Gasteiger partial charge in [0.05, 0.1) is 9.72 Å². The molecule has 6 nitrogen and oxygen atoms in total. The molecule has 25 heavy (non-hydrogen) atoms. The topological polar surface area (TPSA) is 76.7 Å². The van der Waals surface area contributed by atoms with Crippen molar-refractivity contribution in [3.63, 3.8) is 0 Å². The number of nitro benzene ring substituents is 1. The number of nitro groups is 1. The number of rotatable bonds is 5. The molecule has 135 valence electrons. The maximum absolute atomic E-state index is 12.6. The first-order chi connectivity index (χ1) is 12.1. The van der Waals surface area contributed by atoms with Gasteiger partial charge < -0.3 is 0 Å². The van der Waals surface area contributed by atoms with Crippen LogP contribution in [0.15, 0.2) is 24.3 Å². The Bertz CT molecular complexity index is 572. The molecule has 2 aliphatic rings. The molecule has 6 heteroatoms. The second-order valence-corrected chi connectivity index (χ2v) is 7.27. The van der Waals surface area contributed by atoms with Crippen LogP contribution in [0.25, 0.3) is 0 Å². The Kier molecular flexibility index (Phi) is 6.02. The van der Waals surface area contributed by atoms with Crippen molar-refractivity contribution in [1.82, 2.24) is 0 Å². The van der Waals surface area contributed by atoms with E-state index in [1.165, 1.54) is 62.8 Å². The molecular weight excluding hydrogens is 320 g/mol. The van der Waals surface area contributed by atoms with Crippen LogP contribution < -0.4 is 5.06 Å². The summed E-state index contributed by atoms with van der Waals surface area (Å²) in [5, 5.41) is 11.7.